The summed E-state index contributed by atoms with van der Waals surface area (Å²) in [5, 5.41) is 0. The molecule has 0 saturated carbocycles. The molecule has 1 aromatic heterocycles. The van der Waals surface area contributed by atoms with Crippen molar-refractivity contribution in [3.63, 3.8) is 0 Å². The van der Waals surface area contributed by atoms with Crippen LogP contribution in [0, 0.1) is 0 Å². The number of hydrogen-bond donors (Lipinski definition) is 1. The lowest BCUT2D eigenvalue weighted by Crippen LogP contribution is -2.31. The molecular weight excluding hydrogens is 404 g/mol. The third kappa shape index (κ3) is 6.31. The van der Waals surface area contributed by atoms with Crippen LogP contribution in [0.2, 0.25) is 4.34 Å². The molecule has 148 valence electrons. The van der Waals surface area contributed by atoms with Crippen molar-refractivity contribution in [3.8, 4) is 0 Å². The number of hydrogen-bond acceptors (Lipinski definition) is 4. The van der Waals surface area contributed by atoms with Crippen molar-refractivity contribution in [2.75, 3.05) is 13.6 Å². The minimum absolute atomic E-state index is 0.0421. The Morgan fingerprint density at radius 3 is 2.30 bits per heavy atom. The number of amides is 1. The van der Waals surface area contributed by atoms with Crippen molar-refractivity contribution in [3.05, 3.63) is 51.2 Å². The van der Waals surface area contributed by atoms with E-state index in [1.165, 1.54) is 11.3 Å². The zero-order valence-electron chi connectivity index (χ0n) is 16.0. The number of rotatable bonds is 7. The summed E-state index contributed by atoms with van der Waals surface area (Å²) in [6.45, 7) is 6.72. The molecule has 0 spiro atoms. The Morgan fingerprint density at radius 2 is 1.78 bits per heavy atom. The second-order valence-corrected chi connectivity index (χ2v) is 10.9. The summed E-state index contributed by atoms with van der Waals surface area (Å²) in [4.78, 5) is 14.9. The van der Waals surface area contributed by atoms with E-state index in [9.17, 15) is 13.2 Å². The van der Waals surface area contributed by atoms with Gasteiger partial charge in [0.2, 0.25) is 15.9 Å². The van der Waals surface area contributed by atoms with Crippen molar-refractivity contribution in [1.29, 1.82) is 0 Å². The van der Waals surface area contributed by atoms with Crippen LogP contribution in [0.15, 0.2) is 41.3 Å². The summed E-state index contributed by atoms with van der Waals surface area (Å²) in [6, 6.07) is 10.5. The van der Waals surface area contributed by atoms with E-state index >= 15 is 0 Å². The smallest absolute Gasteiger partial charge is 0.240 e. The molecule has 0 bridgehead atoms. The maximum absolute atomic E-state index is 12.4. The lowest BCUT2D eigenvalue weighted by atomic mass is 9.87. The molecule has 0 aliphatic rings. The van der Waals surface area contributed by atoms with Gasteiger partial charge in [-0.1, -0.05) is 44.5 Å². The quantitative estimate of drug-likeness (QED) is 0.724. The van der Waals surface area contributed by atoms with Crippen LogP contribution in [0.1, 0.15) is 37.6 Å². The van der Waals surface area contributed by atoms with E-state index in [2.05, 4.69) is 25.5 Å². The fraction of sp³-hybridized carbons (Fsp3) is 0.421. The molecule has 0 saturated heterocycles. The molecular formula is C19H25ClN2O3S2. The first kappa shape index (κ1) is 21.9. The highest BCUT2D eigenvalue weighted by Crippen LogP contribution is 2.24. The largest absolute Gasteiger partial charge is 0.341 e. The van der Waals surface area contributed by atoms with Gasteiger partial charge in [-0.15, -0.1) is 11.3 Å². The average Bonchev–Trinajstić information content (AvgIpc) is 2.98. The van der Waals surface area contributed by atoms with Crippen LogP contribution in [-0.4, -0.2) is 32.8 Å². The predicted octanol–water partition coefficient (Wildman–Crippen LogP) is 4.03. The molecule has 1 heterocycles. The molecule has 1 N–H and O–H groups in total. The Bertz CT molecular complexity index is 884. The van der Waals surface area contributed by atoms with Gasteiger partial charge in [0.15, 0.2) is 0 Å². The van der Waals surface area contributed by atoms with E-state index in [1.54, 1.807) is 30.1 Å². The average molecular weight is 429 g/mol. The minimum Gasteiger partial charge on any atom is -0.341 e. The molecule has 1 amide bonds. The zero-order chi connectivity index (χ0) is 20.2. The molecule has 0 fully saturated rings. The number of carbonyl (C=O) groups excluding carboxylic acids is 1. The SMILES string of the molecule is CN(Cc1ccc(Cl)s1)C(=O)CCNS(=O)(=O)c1ccc(C(C)(C)C)cc1. The summed E-state index contributed by atoms with van der Waals surface area (Å²) in [7, 11) is -1.95. The van der Waals surface area contributed by atoms with E-state index in [0.717, 1.165) is 10.4 Å². The number of benzene rings is 1. The normalized spacial score (nSPS) is 12.2. The first-order valence-electron chi connectivity index (χ1n) is 8.57. The van der Waals surface area contributed by atoms with Gasteiger partial charge in [0.05, 0.1) is 15.8 Å². The number of nitrogens with one attached hydrogen (secondary N) is 1. The van der Waals surface area contributed by atoms with Crippen molar-refractivity contribution in [2.24, 2.45) is 0 Å². The summed E-state index contributed by atoms with van der Waals surface area (Å²) >= 11 is 7.31. The highest BCUT2D eigenvalue weighted by molar-refractivity contribution is 7.89. The molecule has 0 aliphatic heterocycles. The molecule has 8 heteroatoms. The van der Waals surface area contributed by atoms with Crippen LogP contribution in [0.3, 0.4) is 0 Å². The van der Waals surface area contributed by atoms with E-state index in [4.69, 9.17) is 11.6 Å². The highest BCUT2D eigenvalue weighted by Gasteiger charge is 2.18. The third-order valence-electron chi connectivity index (χ3n) is 4.11. The highest BCUT2D eigenvalue weighted by atomic mass is 35.5. The van der Waals surface area contributed by atoms with Crippen LogP contribution >= 0.6 is 22.9 Å². The molecule has 0 aliphatic carbocycles. The van der Waals surface area contributed by atoms with Crippen LogP contribution < -0.4 is 4.72 Å². The standard InChI is InChI=1S/C19H25ClN2O3S2/c1-19(2,3)14-5-8-16(9-6-14)27(24,25)21-12-11-18(23)22(4)13-15-7-10-17(20)26-15/h5-10,21H,11-13H2,1-4H3. The van der Waals surface area contributed by atoms with Crippen molar-refractivity contribution < 1.29 is 13.2 Å². The van der Waals surface area contributed by atoms with Gasteiger partial charge in [0.25, 0.3) is 0 Å². The number of carbonyl (C=O) groups is 1. The van der Waals surface area contributed by atoms with Crippen LogP contribution in [0.25, 0.3) is 0 Å². The van der Waals surface area contributed by atoms with Gasteiger partial charge in [-0.2, -0.15) is 0 Å². The molecule has 0 atom stereocenters. The fourth-order valence-corrected chi connectivity index (χ4v) is 4.63. The van der Waals surface area contributed by atoms with E-state index in [0.29, 0.717) is 10.9 Å². The monoisotopic (exact) mass is 428 g/mol. The molecule has 2 rings (SSSR count). The maximum Gasteiger partial charge on any atom is 0.240 e. The Kier molecular flexibility index (Phi) is 7.08. The Balaban J connectivity index is 1.88. The summed E-state index contributed by atoms with van der Waals surface area (Å²) in [6.07, 6.45) is 0.0922. The maximum atomic E-state index is 12.4. The first-order chi connectivity index (χ1) is 12.5. The Morgan fingerprint density at radius 1 is 1.15 bits per heavy atom. The second-order valence-electron chi connectivity index (χ2n) is 7.38. The molecule has 5 nitrogen and oxygen atoms in total. The van der Waals surface area contributed by atoms with Crippen molar-refractivity contribution in [1.82, 2.24) is 9.62 Å². The summed E-state index contributed by atoms with van der Waals surface area (Å²) < 4.78 is 27.9. The molecule has 27 heavy (non-hydrogen) atoms. The van der Waals surface area contributed by atoms with Crippen LogP contribution in [0.4, 0.5) is 0 Å². The van der Waals surface area contributed by atoms with Crippen LogP contribution in [-0.2, 0) is 26.8 Å². The minimum atomic E-state index is -3.64. The summed E-state index contributed by atoms with van der Waals surface area (Å²) in [5.41, 5.74) is 1.02. The lowest BCUT2D eigenvalue weighted by molar-refractivity contribution is -0.130. The molecule has 1 aromatic carbocycles. The molecule has 2 aromatic rings. The number of halogens is 1. The topological polar surface area (TPSA) is 66.5 Å². The number of nitrogens with zero attached hydrogens (tertiary/aromatic N) is 1. The second kappa shape index (κ2) is 8.73. The van der Waals surface area contributed by atoms with Gasteiger partial charge >= 0.3 is 0 Å². The molecule has 0 radical (unpaired) electrons. The zero-order valence-corrected chi connectivity index (χ0v) is 18.3. The third-order valence-corrected chi connectivity index (χ3v) is 6.80. The number of sulfonamides is 1. The van der Waals surface area contributed by atoms with Gasteiger partial charge in [0.1, 0.15) is 0 Å². The Labute approximate surface area is 170 Å². The number of thiophene rings is 1. The van der Waals surface area contributed by atoms with Crippen molar-refractivity contribution in [2.45, 2.75) is 44.0 Å². The van der Waals surface area contributed by atoms with Gasteiger partial charge in [-0.05, 0) is 35.2 Å². The van der Waals surface area contributed by atoms with Gasteiger partial charge < -0.3 is 4.90 Å². The first-order valence-corrected chi connectivity index (χ1v) is 11.3. The molecule has 0 unspecified atom stereocenters. The van der Waals surface area contributed by atoms with Gasteiger partial charge in [0, 0.05) is 24.9 Å². The van der Waals surface area contributed by atoms with E-state index in [1.807, 2.05) is 18.2 Å². The summed E-state index contributed by atoms with van der Waals surface area (Å²) in [5.74, 6) is -0.134. The van der Waals surface area contributed by atoms with E-state index < -0.39 is 10.0 Å². The van der Waals surface area contributed by atoms with Gasteiger partial charge in [-0.3, -0.25) is 4.79 Å². The fourth-order valence-electron chi connectivity index (χ4n) is 2.46. The van der Waals surface area contributed by atoms with Crippen molar-refractivity contribution >= 4 is 38.9 Å². The lowest BCUT2D eigenvalue weighted by Gasteiger charge is -2.19. The van der Waals surface area contributed by atoms with Gasteiger partial charge in [-0.25, -0.2) is 13.1 Å². The van der Waals surface area contributed by atoms with E-state index in [-0.39, 0.29) is 29.2 Å². The Hall–Kier alpha value is -1.41. The van der Waals surface area contributed by atoms with Crippen LogP contribution in [0.5, 0.6) is 0 Å². The predicted molar refractivity (Wildman–Crippen MR) is 111 cm³/mol.